The van der Waals surface area contributed by atoms with Gasteiger partial charge in [0, 0.05) is 7.11 Å². The van der Waals surface area contributed by atoms with E-state index < -0.39 is 0 Å². The number of isocyanates is 1. The fraction of sp³-hybridized carbons (Fsp3) is 0.625. The molecular weight excluding hydrogens is 142 g/mol. The van der Waals surface area contributed by atoms with Gasteiger partial charge in [0.2, 0.25) is 6.08 Å². The quantitative estimate of drug-likeness (QED) is 0.341. The molecule has 0 rings (SSSR count). The van der Waals surface area contributed by atoms with E-state index in [1.54, 1.807) is 7.11 Å². The molecule has 0 aromatic rings. The van der Waals surface area contributed by atoms with Crippen LogP contribution in [-0.4, -0.2) is 25.8 Å². The number of hydrogen-bond acceptors (Lipinski definition) is 3. The van der Waals surface area contributed by atoms with E-state index in [1.165, 1.54) is 6.08 Å². The molecule has 1 atom stereocenters. The zero-order valence-electron chi connectivity index (χ0n) is 6.91. The first-order chi connectivity index (χ1) is 5.35. The van der Waals surface area contributed by atoms with Gasteiger partial charge in [0.25, 0.3) is 0 Å². The predicted molar refractivity (Wildman–Crippen MR) is 43.2 cm³/mol. The molecule has 3 nitrogen and oxygen atoms in total. The van der Waals surface area contributed by atoms with Crippen LogP contribution in [0.15, 0.2) is 17.1 Å². The summed E-state index contributed by atoms with van der Waals surface area (Å²) in [4.78, 5) is 13.1. The van der Waals surface area contributed by atoms with Gasteiger partial charge in [0.05, 0.1) is 12.6 Å². The molecule has 0 heterocycles. The Morgan fingerprint density at radius 1 is 1.73 bits per heavy atom. The number of allylic oxidation sites excluding steroid dienone is 1. The largest absolute Gasteiger partial charge is 0.375 e. The van der Waals surface area contributed by atoms with E-state index in [2.05, 4.69) is 4.99 Å². The van der Waals surface area contributed by atoms with Gasteiger partial charge in [0.1, 0.15) is 0 Å². The van der Waals surface area contributed by atoms with Crippen molar-refractivity contribution in [3.8, 4) is 0 Å². The van der Waals surface area contributed by atoms with Crippen molar-refractivity contribution >= 4 is 6.08 Å². The summed E-state index contributed by atoms with van der Waals surface area (Å²) in [5.74, 6) is 0. The number of hydrogen-bond donors (Lipinski definition) is 0. The number of ether oxygens (including phenoxy) is 1. The van der Waals surface area contributed by atoms with E-state index in [0.29, 0.717) is 6.54 Å². The summed E-state index contributed by atoms with van der Waals surface area (Å²) in [5, 5.41) is 0. The highest BCUT2D eigenvalue weighted by Gasteiger charge is 1.98. The smallest absolute Gasteiger partial charge is 0.235 e. The van der Waals surface area contributed by atoms with Crippen LogP contribution in [0.5, 0.6) is 0 Å². The monoisotopic (exact) mass is 155 g/mol. The Morgan fingerprint density at radius 2 is 2.45 bits per heavy atom. The van der Waals surface area contributed by atoms with E-state index >= 15 is 0 Å². The van der Waals surface area contributed by atoms with Gasteiger partial charge >= 0.3 is 0 Å². The molecule has 0 aliphatic rings. The summed E-state index contributed by atoms with van der Waals surface area (Å²) in [6, 6.07) is 0. The van der Waals surface area contributed by atoms with E-state index in [1.807, 2.05) is 19.1 Å². The van der Waals surface area contributed by atoms with Crippen molar-refractivity contribution in [3.05, 3.63) is 12.2 Å². The Bertz CT molecular complexity index is 159. The van der Waals surface area contributed by atoms with Crippen LogP contribution in [0, 0.1) is 0 Å². The molecule has 0 aromatic heterocycles. The lowest BCUT2D eigenvalue weighted by Crippen LogP contribution is -2.10. The summed E-state index contributed by atoms with van der Waals surface area (Å²) in [6.45, 7) is 2.39. The minimum Gasteiger partial charge on any atom is -0.375 e. The molecular formula is C8H13NO2. The maximum atomic E-state index is 9.73. The zero-order valence-corrected chi connectivity index (χ0v) is 6.91. The Kier molecular flexibility index (Phi) is 6.59. The maximum Gasteiger partial charge on any atom is 0.235 e. The number of nitrogens with zero attached hydrogens (tertiary/aromatic N) is 1. The average Bonchev–Trinajstić information content (AvgIpc) is 2.05. The molecule has 11 heavy (non-hydrogen) atoms. The van der Waals surface area contributed by atoms with Gasteiger partial charge in [0.15, 0.2) is 0 Å². The zero-order chi connectivity index (χ0) is 8.53. The molecule has 0 bridgehead atoms. The Labute approximate surface area is 66.8 Å². The molecule has 0 fully saturated rings. The van der Waals surface area contributed by atoms with Crippen LogP contribution in [-0.2, 0) is 9.53 Å². The molecule has 0 saturated heterocycles. The van der Waals surface area contributed by atoms with Gasteiger partial charge in [-0.25, -0.2) is 9.79 Å². The molecule has 62 valence electrons. The molecule has 0 saturated carbocycles. The minimum absolute atomic E-state index is 0.0867. The molecule has 0 amide bonds. The first-order valence-corrected chi connectivity index (χ1v) is 3.58. The summed E-state index contributed by atoms with van der Waals surface area (Å²) in [6.07, 6.45) is 6.22. The van der Waals surface area contributed by atoms with E-state index in [9.17, 15) is 4.79 Å². The van der Waals surface area contributed by atoms with E-state index in [0.717, 1.165) is 6.42 Å². The molecule has 0 aliphatic heterocycles. The second-order valence-corrected chi connectivity index (χ2v) is 2.04. The lowest BCUT2D eigenvalue weighted by atomic mass is 10.3. The van der Waals surface area contributed by atoms with Crippen molar-refractivity contribution < 1.29 is 9.53 Å². The van der Waals surface area contributed by atoms with E-state index in [-0.39, 0.29) is 6.10 Å². The van der Waals surface area contributed by atoms with Gasteiger partial charge in [-0.05, 0) is 6.42 Å². The Hall–Kier alpha value is -0.920. The second kappa shape index (κ2) is 7.19. The molecule has 0 radical (unpaired) electrons. The summed E-state index contributed by atoms with van der Waals surface area (Å²) in [7, 11) is 1.59. The highest BCUT2D eigenvalue weighted by Crippen LogP contribution is 1.94. The van der Waals surface area contributed by atoms with Gasteiger partial charge in [-0.2, -0.15) is 0 Å². The van der Waals surface area contributed by atoms with Crippen molar-refractivity contribution in [2.45, 2.75) is 19.4 Å². The lowest BCUT2D eigenvalue weighted by Gasteiger charge is -2.04. The average molecular weight is 155 g/mol. The van der Waals surface area contributed by atoms with Crippen molar-refractivity contribution in [1.82, 2.24) is 0 Å². The molecule has 0 aromatic carbocycles. The van der Waals surface area contributed by atoms with Crippen LogP contribution in [0.2, 0.25) is 0 Å². The Morgan fingerprint density at radius 3 is 2.91 bits per heavy atom. The third kappa shape index (κ3) is 5.52. The van der Waals surface area contributed by atoms with Crippen LogP contribution in [0.4, 0.5) is 0 Å². The first kappa shape index (κ1) is 10.1. The fourth-order valence-electron chi connectivity index (χ4n) is 0.629. The summed E-state index contributed by atoms with van der Waals surface area (Å²) < 4.78 is 5.00. The highest BCUT2D eigenvalue weighted by atomic mass is 16.5. The number of carbonyl (C=O) groups excluding carboxylic acids is 1. The Balaban J connectivity index is 3.74. The van der Waals surface area contributed by atoms with Gasteiger partial charge in [-0.3, -0.25) is 0 Å². The van der Waals surface area contributed by atoms with Crippen molar-refractivity contribution in [2.24, 2.45) is 4.99 Å². The first-order valence-electron chi connectivity index (χ1n) is 3.58. The van der Waals surface area contributed by atoms with Crippen LogP contribution in [0.25, 0.3) is 0 Å². The molecule has 3 heteroatoms. The van der Waals surface area contributed by atoms with Crippen molar-refractivity contribution in [1.29, 1.82) is 0 Å². The standard InChI is InChI=1S/C8H13NO2/c1-3-4-5-8(11-2)6-9-7-10/h4-5,8H,3,6H2,1-2H3. The molecule has 0 N–H and O–H groups in total. The molecule has 0 spiro atoms. The maximum absolute atomic E-state index is 9.73. The van der Waals surface area contributed by atoms with Crippen LogP contribution in [0.1, 0.15) is 13.3 Å². The van der Waals surface area contributed by atoms with Crippen LogP contribution < -0.4 is 0 Å². The van der Waals surface area contributed by atoms with Crippen LogP contribution in [0.3, 0.4) is 0 Å². The molecule has 1 unspecified atom stereocenters. The van der Waals surface area contributed by atoms with Crippen LogP contribution >= 0.6 is 0 Å². The number of aliphatic imine (C=N–C) groups is 1. The summed E-state index contributed by atoms with van der Waals surface area (Å²) in [5.41, 5.74) is 0. The predicted octanol–water partition coefficient (Wildman–Crippen LogP) is 1.30. The third-order valence-electron chi connectivity index (χ3n) is 1.22. The lowest BCUT2D eigenvalue weighted by molar-refractivity contribution is 0.148. The topological polar surface area (TPSA) is 38.7 Å². The summed E-state index contributed by atoms with van der Waals surface area (Å²) >= 11 is 0. The normalized spacial score (nSPS) is 12.9. The second-order valence-electron chi connectivity index (χ2n) is 2.04. The molecule has 0 aliphatic carbocycles. The van der Waals surface area contributed by atoms with Gasteiger partial charge < -0.3 is 4.74 Å². The van der Waals surface area contributed by atoms with Crippen molar-refractivity contribution in [2.75, 3.05) is 13.7 Å². The number of methoxy groups -OCH3 is 1. The highest BCUT2D eigenvalue weighted by molar-refractivity contribution is 5.33. The minimum atomic E-state index is -0.0867. The van der Waals surface area contributed by atoms with Gasteiger partial charge in [-0.15, -0.1) is 0 Å². The fourth-order valence-corrected chi connectivity index (χ4v) is 0.629. The van der Waals surface area contributed by atoms with E-state index in [4.69, 9.17) is 4.74 Å². The SMILES string of the molecule is CCC=CC(CN=C=O)OC. The number of rotatable bonds is 5. The third-order valence-corrected chi connectivity index (χ3v) is 1.22. The van der Waals surface area contributed by atoms with Crippen molar-refractivity contribution in [3.63, 3.8) is 0 Å². The van der Waals surface area contributed by atoms with Gasteiger partial charge in [-0.1, -0.05) is 19.1 Å².